The Bertz CT molecular complexity index is 776. The molecule has 2 nitrogen and oxygen atoms in total. The summed E-state index contributed by atoms with van der Waals surface area (Å²) >= 11 is 0. The molecular formula is C29H46O2. The minimum absolute atomic E-state index is 0.331. The predicted molar refractivity (Wildman–Crippen MR) is 136 cm³/mol. The zero-order valence-electron chi connectivity index (χ0n) is 21.4. The number of phenols is 2. The van der Waals surface area contributed by atoms with Crippen LogP contribution in [0.3, 0.4) is 0 Å². The molecular weight excluding hydrogens is 380 g/mol. The molecule has 0 heterocycles. The van der Waals surface area contributed by atoms with Crippen molar-refractivity contribution in [3.8, 4) is 11.5 Å². The average molecular weight is 427 g/mol. The predicted octanol–water partition coefficient (Wildman–Crippen LogP) is 8.79. The lowest BCUT2D eigenvalue weighted by Crippen LogP contribution is -2.01. The van der Waals surface area contributed by atoms with Gasteiger partial charge in [-0.25, -0.2) is 0 Å². The number of aromatic hydroxyl groups is 2. The first-order chi connectivity index (χ1) is 14.5. The lowest BCUT2D eigenvalue weighted by Gasteiger charge is -2.17. The molecule has 0 amide bonds. The van der Waals surface area contributed by atoms with E-state index in [9.17, 15) is 10.2 Å². The summed E-state index contributed by atoms with van der Waals surface area (Å²) in [6, 6.07) is 0. The normalized spacial score (nSPS) is 13.4. The van der Waals surface area contributed by atoms with Gasteiger partial charge in [-0.15, -0.1) is 0 Å². The summed E-state index contributed by atoms with van der Waals surface area (Å²) in [6.07, 6.45) is 15.8. The van der Waals surface area contributed by atoms with Gasteiger partial charge in [-0.2, -0.15) is 0 Å². The molecule has 0 saturated carbocycles. The lowest BCUT2D eigenvalue weighted by molar-refractivity contribution is 0.435. The van der Waals surface area contributed by atoms with Crippen LogP contribution < -0.4 is 0 Å². The van der Waals surface area contributed by atoms with Gasteiger partial charge in [-0.05, 0) is 122 Å². The van der Waals surface area contributed by atoms with Crippen LogP contribution in [0, 0.1) is 26.7 Å². The maximum atomic E-state index is 10.5. The third-order valence-corrected chi connectivity index (χ3v) is 6.53. The van der Waals surface area contributed by atoms with Crippen molar-refractivity contribution in [3.05, 3.63) is 57.2 Å². The minimum Gasteiger partial charge on any atom is -0.507 e. The zero-order valence-corrected chi connectivity index (χ0v) is 21.4. The third-order valence-electron chi connectivity index (χ3n) is 6.53. The third kappa shape index (κ3) is 9.37. The van der Waals surface area contributed by atoms with Crippen LogP contribution in [0.15, 0.2) is 34.9 Å². The van der Waals surface area contributed by atoms with Crippen molar-refractivity contribution in [2.45, 2.75) is 107 Å². The van der Waals surface area contributed by atoms with Gasteiger partial charge in [0.2, 0.25) is 0 Å². The van der Waals surface area contributed by atoms with Gasteiger partial charge in [0.25, 0.3) is 0 Å². The molecule has 1 atom stereocenters. The molecule has 0 spiro atoms. The van der Waals surface area contributed by atoms with Crippen molar-refractivity contribution in [1.29, 1.82) is 0 Å². The van der Waals surface area contributed by atoms with E-state index in [-0.39, 0.29) is 0 Å². The molecule has 0 aromatic heterocycles. The van der Waals surface area contributed by atoms with E-state index in [2.05, 4.69) is 52.8 Å². The average Bonchev–Trinajstić information content (AvgIpc) is 2.70. The second kappa shape index (κ2) is 13.5. The topological polar surface area (TPSA) is 40.5 Å². The second-order valence-electron chi connectivity index (χ2n) is 9.73. The number of rotatable bonds is 12. The fraction of sp³-hybridized carbons (Fsp3) is 0.586. The molecule has 0 fully saturated rings. The molecule has 0 radical (unpaired) electrons. The Balaban J connectivity index is 2.42. The molecule has 1 aromatic carbocycles. The molecule has 0 bridgehead atoms. The Labute approximate surface area is 191 Å². The summed E-state index contributed by atoms with van der Waals surface area (Å²) in [4.78, 5) is 0. The first-order valence-electron chi connectivity index (χ1n) is 12.0. The second-order valence-corrected chi connectivity index (χ2v) is 9.73. The van der Waals surface area contributed by atoms with Gasteiger partial charge in [0.1, 0.15) is 11.5 Å². The summed E-state index contributed by atoms with van der Waals surface area (Å²) in [6.45, 7) is 16.7. The van der Waals surface area contributed by atoms with Gasteiger partial charge < -0.3 is 10.2 Å². The van der Waals surface area contributed by atoms with E-state index in [1.54, 1.807) is 0 Å². The number of allylic oxidation sites excluding steroid dienone is 6. The van der Waals surface area contributed by atoms with Crippen LogP contribution in [0.5, 0.6) is 11.5 Å². The number of benzene rings is 1. The van der Waals surface area contributed by atoms with Gasteiger partial charge in [-0.3, -0.25) is 0 Å². The Morgan fingerprint density at radius 3 is 1.81 bits per heavy atom. The van der Waals surface area contributed by atoms with Crippen molar-refractivity contribution in [2.75, 3.05) is 0 Å². The Kier molecular flexibility index (Phi) is 11.7. The standard InChI is InChI=1S/C29H46O2/c1-20(2)12-9-13-21(3)14-10-15-22(4)16-11-17-23(5)18-19-27-26(8)28(30)24(6)25(7)29(27)31/h12,14,16,23,30-31H,9-11,13,15,17-19H2,1-8H3/b21-14+,22-16+/t23-/m0/s1. The van der Waals surface area contributed by atoms with Gasteiger partial charge in [-0.1, -0.05) is 41.9 Å². The first kappa shape index (κ1) is 27.1. The fourth-order valence-corrected chi connectivity index (χ4v) is 3.98. The largest absolute Gasteiger partial charge is 0.507 e. The smallest absolute Gasteiger partial charge is 0.122 e. The molecule has 0 unspecified atom stereocenters. The molecule has 0 saturated heterocycles. The van der Waals surface area contributed by atoms with E-state index in [0.29, 0.717) is 17.4 Å². The molecule has 2 N–H and O–H groups in total. The van der Waals surface area contributed by atoms with Crippen molar-refractivity contribution < 1.29 is 10.2 Å². The van der Waals surface area contributed by atoms with E-state index in [1.165, 1.54) is 23.1 Å². The van der Waals surface area contributed by atoms with Gasteiger partial charge >= 0.3 is 0 Å². The summed E-state index contributed by atoms with van der Waals surface area (Å²) in [5.41, 5.74) is 7.69. The van der Waals surface area contributed by atoms with E-state index < -0.39 is 0 Å². The van der Waals surface area contributed by atoms with Crippen molar-refractivity contribution in [2.24, 2.45) is 5.92 Å². The molecule has 0 aliphatic rings. The Morgan fingerprint density at radius 2 is 1.23 bits per heavy atom. The monoisotopic (exact) mass is 426 g/mol. The number of hydrogen-bond acceptors (Lipinski definition) is 2. The molecule has 31 heavy (non-hydrogen) atoms. The van der Waals surface area contributed by atoms with Crippen LogP contribution >= 0.6 is 0 Å². The highest BCUT2D eigenvalue weighted by atomic mass is 16.3. The molecule has 2 heteroatoms. The van der Waals surface area contributed by atoms with Crippen molar-refractivity contribution >= 4 is 0 Å². The van der Waals surface area contributed by atoms with Crippen LogP contribution in [-0.4, -0.2) is 10.2 Å². The fourth-order valence-electron chi connectivity index (χ4n) is 3.98. The molecule has 1 aromatic rings. The van der Waals surface area contributed by atoms with Gasteiger partial charge in [0, 0.05) is 5.56 Å². The zero-order chi connectivity index (χ0) is 23.6. The summed E-state index contributed by atoms with van der Waals surface area (Å²) < 4.78 is 0. The maximum Gasteiger partial charge on any atom is 0.122 e. The highest BCUT2D eigenvalue weighted by Gasteiger charge is 2.16. The van der Waals surface area contributed by atoms with Crippen LogP contribution in [-0.2, 0) is 6.42 Å². The summed E-state index contributed by atoms with van der Waals surface area (Å²) in [5.74, 6) is 1.28. The van der Waals surface area contributed by atoms with Crippen LogP contribution in [0.2, 0.25) is 0 Å². The highest BCUT2D eigenvalue weighted by Crippen LogP contribution is 2.37. The van der Waals surface area contributed by atoms with Crippen LogP contribution in [0.4, 0.5) is 0 Å². The quantitative estimate of drug-likeness (QED) is 0.259. The summed E-state index contributed by atoms with van der Waals surface area (Å²) in [7, 11) is 0. The molecule has 0 aliphatic heterocycles. The highest BCUT2D eigenvalue weighted by molar-refractivity contribution is 5.56. The Morgan fingerprint density at radius 1 is 0.710 bits per heavy atom. The SMILES string of the molecule is CC(C)=CCC/C(C)=C/CC/C(C)=C/CC[C@H](C)CCc1c(C)c(O)c(C)c(C)c1O. The van der Waals surface area contributed by atoms with E-state index in [4.69, 9.17) is 0 Å². The van der Waals surface area contributed by atoms with Crippen molar-refractivity contribution in [3.63, 3.8) is 0 Å². The summed E-state index contributed by atoms with van der Waals surface area (Å²) in [5, 5.41) is 20.8. The molecule has 0 aliphatic carbocycles. The van der Waals surface area contributed by atoms with E-state index in [0.717, 1.165) is 67.2 Å². The first-order valence-corrected chi connectivity index (χ1v) is 12.0. The van der Waals surface area contributed by atoms with E-state index in [1.807, 2.05) is 20.8 Å². The lowest BCUT2D eigenvalue weighted by atomic mass is 9.91. The maximum absolute atomic E-state index is 10.5. The van der Waals surface area contributed by atoms with Crippen LogP contribution in [0.25, 0.3) is 0 Å². The van der Waals surface area contributed by atoms with Gasteiger partial charge in [0.15, 0.2) is 0 Å². The Hall–Kier alpha value is -1.96. The van der Waals surface area contributed by atoms with Crippen LogP contribution in [0.1, 0.15) is 102 Å². The van der Waals surface area contributed by atoms with Crippen molar-refractivity contribution in [1.82, 2.24) is 0 Å². The van der Waals surface area contributed by atoms with E-state index >= 15 is 0 Å². The number of hydrogen-bond donors (Lipinski definition) is 2. The minimum atomic E-state index is 0.331. The number of phenolic OH excluding ortho intramolecular Hbond substituents is 2. The van der Waals surface area contributed by atoms with Gasteiger partial charge in [0.05, 0.1) is 0 Å². The molecule has 1 rings (SSSR count). The molecule has 174 valence electrons.